The molecule has 0 spiro atoms. The van der Waals surface area contributed by atoms with E-state index >= 15 is 0 Å². The summed E-state index contributed by atoms with van der Waals surface area (Å²) in [5, 5.41) is 0. The second-order valence-electron chi connectivity index (χ2n) is 1.86. The predicted octanol–water partition coefficient (Wildman–Crippen LogP) is 2.95. The fraction of sp³-hybridized carbons (Fsp3) is 1.00. The van der Waals surface area contributed by atoms with Crippen molar-refractivity contribution in [3.8, 4) is 0 Å². The highest BCUT2D eigenvalue weighted by Crippen LogP contribution is 2.12. The summed E-state index contributed by atoms with van der Waals surface area (Å²) in [6.45, 7) is 1.97. The summed E-state index contributed by atoms with van der Waals surface area (Å²) in [5.74, 6) is 0. The number of rotatable bonds is 4. The molecule has 0 rings (SSSR count). The quantitative estimate of drug-likeness (QED) is 0.514. The lowest BCUT2D eigenvalue weighted by molar-refractivity contribution is 0.465. The van der Waals surface area contributed by atoms with Crippen LogP contribution in [-0.2, 0) is 0 Å². The van der Waals surface area contributed by atoms with Gasteiger partial charge in [-0.2, -0.15) is 0 Å². The third-order valence-electron chi connectivity index (χ3n) is 1.02. The van der Waals surface area contributed by atoms with Gasteiger partial charge in [-0.1, -0.05) is 35.9 Å². The molecule has 0 nitrogen and oxygen atoms in total. The van der Waals surface area contributed by atoms with E-state index in [1.807, 2.05) is 0 Å². The van der Waals surface area contributed by atoms with Crippen molar-refractivity contribution >= 4 is 22.6 Å². The minimum atomic E-state index is -0.159. The Hall–Kier alpha value is 0.660. The molecule has 0 amide bonds. The second kappa shape index (κ2) is 5.79. The van der Waals surface area contributed by atoms with E-state index in [1.54, 1.807) is 0 Å². The molecule has 8 heavy (non-hydrogen) atoms. The minimum absolute atomic E-state index is 0.159. The predicted molar refractivity (Wildman–Crippen MR) is 43.3 cm³/mol. The Kier molecular flexibility index (Phi) is 6.27. The fourth-order valence-corrected chi connectivity index (χ4v) is 1.43. The van der Waals surface area contributed by atoms with Gasteiger partial charge in [0.25, 0.3) is 0 Å². The van der Waals surface area contributed by atoms with Crippen LogP contribution >= 0.6 is 22.6 Å². The van der Waals surface area contributed by atoms with Crippen LogP contribution in [0.25, 0.3) is 0 Å². The van der Waals surface area contributed by atoms with Crippen LogP contribution in [0.3, 0.4) is 0 Å². The molecule has 2 heteroatoms. The van der Waals surface area contributed by atoms with Crippen molar-refractivity contribution in [3.05, 3.63) is 0 Å². The van der Waals surface area contributed by atoms with Crippen molar-refractivity contribution < 1.29 is 4.39 Å². The lowest BCUT2D eigenvalue weighted by atomic mass is 10.2. The summed E-state index contributed by atoms with van der Waals surface area (Å²) in [4.78, 5) is 0. The highest BCUT2D eigenvalue weighted by atomic mass is 127. The number of hydrogen-bond donors (Lipinski definition) is 0. The minimum Gasteiger partial charge on any atom is -0.251 e. The fourth-order valence-electron chi connectivity index (χ4n) is 0.576. The van der Waals surface area contributed by atoms with Crippen LogP contribution in [0, 0.1) is 0 Å². The molecular formula is C6H12FI. The van der Waals surface area contributed by atoms with Crippen LogP contribution in [0.4, 0.5) is 4.39 Å². The Morgan fingerprint density at radius 2 is 2.12 bits per heavy atom. The summed E-state index contributed by atoms with van der Waals surface area (Å²) in [7, 11) is 0. The van der Waals surface area contributed by atoms with E-state index in [0.29, 0.717) is 3.92 Å². The molecule has 0 fully saturated rings. The van der Waals surface area contributed by atoms with Gasteiger partial charge < -0.3 is 0 Å². The van der Waals surface area contributed by atoms with E-state index in [0.717, 1.165) is 12.8 Å². The topological polar surface area (TPSA) is 0 Å². The van der Waals surface area contributed by atoms with E-state index in [2.05, 4.69) is 29.5 Å². The summed E-state index contributed by atoms with van der Waals surface area (Å²) in [6, 6.07) is 0. The zero-order valence-corrected chi connectivity index (χ0v) is 7.32. The van der Waals surface area contributed by atoms with Crippen molar-refractivity contribution in [1.29, 1.82) is 0 Å². The molecule has 0 aromatic heterocycles. The zero-order chi connectivity index (χ0) is 6.41. The van der Waals surface area contributed by atoms with Crippen LogP contribution in [0.1, 0.15) is 26.2 Å². The molecule has 1 unspecified atom stereocenters. The Morgan fingerprint density at radius 1 is 1.50 bits per heavy atom. The van der Waals surface area contributed by atoms with E-state index in [-0.39, 0.29) is 6.67 Å². The van der Waals surface area contributed by atoms with Gasteiger partial charge in [-0.05, 0) is 12.8 Å². The van der Waals surface area contributed by atoms with Gasteiger partial charge in [-0.15, -0.1) is 0 Å². The summed E-state index contributed by atoms with van der Waals surface area (Å²) in [5.41, 5.74) is 0. The van der Waals surface area contributed by atoms with Crippen molar-refractivity contribution in [1.82, 2.24) is 0 Å². The average Bonchev–Trinajstić information content (AvgIpc) is 1.68. The first kappa shape index (κ1) is 8.66. The molecular weight excluding hydrogens is 218 g/mol. The summed E-state index contributed by atoms with van der Waals surface area (Å²) >= 11 is 2.30. The highest BCUT2D eigenvalue weighted by molar-refractivity contribution is 14.1. The van der Waals surface area contributed by atoms with E-state index < -0.39 is 0 Å². The molecule has 0 aliphatic heterocycles. The largest absolute Gasteiger partial charge is 0.251 e. The molecule has 0 radical (unpaired) electrons. The SMILES string of the molecule is CCCC(I)CCF. The van der Waals surface area contributed by atoms with Crippen LogP contribution in [0.5, 0.6) is 0 Å². The number of halogens is 2. The Balaban J connectivity index is 2.92. The van der Waals surface area contributed by atoms with Crippen LogP contribution in [0.2, 0.25) is 0 Å². The molecule has 50 valence electrons. The van der Waals surface area contributed by atoms with Crippen LogP contribution < -0.4 is 0 Å². The van der Waals surface area contributed by atoms with Crippen LogP contribution in [0.15, 0.2) is 0 Å². The standard InChI is InChI=1S/C6H12FI/c1-2-3-6(8)4-5-7/h6H,2-5H2,1H3. The van der Waals surface area contributed by atoms with E-state index in [4.69, 9.17) is 0 Å². The normalized spacial score (nSPS) is 13.9. The smallest absolute Gasteiger partial charge is 0.0904 e. The zero-order valence-electron chi connectivity index (χ0n) is 5.16. The van der Waals surface area contributed by atoms with E-state index in [1.165, 1.54) is 6.42 Å². The van der Waals surface area contributed by atoms with Crippen LogP contribution in [-0.4, -0.2) is 10.6 Å². The van der Waals surface area contributed by atoms with Gasteiger partial charge in [-0.25, -0.2) is 0 Å². The van der Waals surface area contributed by atoms with Gasteiger partial charge in [0.05, 0.1) is 6.67 Å². The van der Waals surface area contributed by atoms with Crippen molar-refractivity contribution in [2.24, 2.45) is 0 Å². The molecule has 0 aliphatic rings. The van der Waals surface area contributed by atoms with Crippen molar-refractivity contribution in [3.63, 3.8) is 0 Å². The number of alkyl halides is 2. The monoisotopic (exact) mass is 230 g/mol. The molecule has 0 heterocycles. The molecule has 0 N–H and O–H groups in total. The molecule has 0 aromatic carbocycles. The molecule has 0 saturated heterocycles. The van der Waals surface area contributed by atoms with Gasteiger partial charge in [0.15, 0.2) is 0 Å². The Labute approximate surface area is 64.0 Å². The van der Waals surface area contributed by atoms with Gasteiger partial charge in [-0.3, -0.25) is 4.39 Å². The maximum absolute atomic E-state index is 11.6. The first-order chi connectivity index (χ1) is 3.81. The van der Waals surface area contributed by atoms with Gasteiger partial charge in [0, 0.05) is 3.92 Å². The third-order valence-corrected chi connectivity index (χ3v) is 2.27. The maximum Gasteiger partial charge on any atom is 0.0904 e. The summed E-state index contributed by atoms with van der Waals surface area (Å²) < 4.78 is 12.1. The Morgan fingerprint density at radius 3 is 2.50 bits per heavy atom. The Bertz CT molecular complexity index is 41.8. The average molecular weight is 230 g/mol. The van der Waals surface area contributed by atoms with E-state index in [9.17, 15) is 4.39 Å². The highest BCUT2D eigenvalue weighted by Gasteiger charge is 1.99. The van der Waals surface area contributed by atoms with Gasteiger partial charge in [0.1, 0.15) is 0 Å². The molecule has 1 atom stereocenters. The van der Waals surface area contributed by atoms with Gasteiger partial charge >= 0.3 is 0 Å². The first-order valence-electron chi connectivity index (χ1n) is 3.01. The second-order valence-corrected chi connectivity index (χ2v) is 3.63. The first-order valence-corrected chi connectivity index (χ1v) is 4.25. The lowest BCUT2D eigenvalue weighted by Gasteiger charge is -2.02. The summed E-state index contributed by atoms with van der Waals surface area (Å²) in [6.07, 6.45) is 3.06. The van der Waals surface area contributed by atoms with Gasteiger partial charge in [0.2, 0.25) is 0 Å². The molecule has 0 saturated carbocycles. The number of hydrogen-bond acceptors (Lipinski definition) is 0. The maximum atomic E-state index is 11.6. The third kappa shape index (κ3) is 4.81. The molecule has 0 bridgehead atoms. The molecule has 0 aliphatic carbocycles. The van der Waals surface area contributed by atoms with Crippen molar-refractivity contribution in [2.45, 2.75) is 30.1 Å². The van der Waals surface area contributed by atoms with Crippen molar-refractivity contribution in [2.75, 3.05) is 6.67 Å². The lowest BCUT2D eigenvalue weighted by Crippen LogP contribution is -1.96. The molecule has 0 aromatic rings.